The normalized spacial score (nSPS) is 19.9. The summed E-state index contributed by atoms with van der Waals surface area (Å²) in [6.07, 6.45) is 0. The van der Waals surface area contributed by atoms with Crippen LogP contribution >= 0.6 is 15.9 Å². The second kappa shape index (κ2) is 3.01. The van der Waals surface area contributed by atoms with Crippen molar-refractivity contribution in [3.63, 3.8) is 0 Å². The minimum atomic E-state index is -2.90. The highest BCUT2D eigenvalue weighted by Crippen LogP contribution is 2.04. The molecule has 54 valence electrons. The summed E-state index contributed by atoms with van der Waals surface area (Å²) in [5.74, 6) is 0. The van der Waals surface area contributed by atoms with Crippen molar-refractivity contribution in [1.29, 1.82) is 0 Å². The van der Waals surface area contributed by atoms with Crippen LogP contribution in [0.3, 0.4) is 0 Å². The van der Waals surface area contributed by atoms with Crippen molar-refractivity contribution < 1.29 is 6.85 Å². The van der Waals surface area contributed by atoms with E-state index in [1.54, 1.807) is 0 Å². The fourth-order valence-electron chi connectivity index (χ4n) is 0.573. The SMILES string of the molecule is [2H]C([2H])([2H])C([2H])([2H])n1c(Br)cccc1=O. The van der Waals surface area contributed by atoms with Crippen molar-refractivity contribution in [2.45, 2.75) is 13.3 Å². The Morgan fingerprint density at radius 3 is 3.30 bits per heavy atom. The lowest BCUT2D eigenvalue weighted by molar-refractivity contribution is 0.709. The van der Waals surface area contributed by atoms with Crippen molar-refractivity contribution >= 4 is 15.9 Å². The molecule has 0 fully saturated rings. The van der Waals surface area contributed by atoms with Crippen LogP contribution in [0.15, 0.2) is 27.6 Å². The summed E-state index contributed by atoms with van der Waals surface area (Å²) in [4.78, 5) is 11.4. The number of pyridine rings is 1. The predicted octanol–water partition coefficient (Wildman–Crippen LogP) is 1.63. The van der Waals surface area contributed by atoms with Crippen LogP contribution in [-0.4, -0.2) is 4.57 Å². The molecule has 1 rings (SSSR count). The van der Waals surface area contributed by atoms with Crippen LogP contribution in [-0.2, 0) is 6.50 Å². The highest BCUT2D eigenvalue weighted by Gasteiger charge is 1.94. The van der Waals surface area contributed by atoms with Gasteiger partial charge in [0.15, 0.2) is 0 Å². The van der Waals surface area contributed by atoms with Gasteiger partial charge in [0, 0.05) is 19.4 Å². The third kappa shape index (κ3) is 1.29. The number of aromatic nitrogens is 1. The quantitative estimate of drug-likeness (QED) is 0.641. The summed E-state index contributed by atoms with van der Waals surface area (Å²) < 4.78 is 36.7. The molecule has 1 aromatic rings. The summed E-state index contributed by atoms with van der Waals surface area (Å²) in [6, 6.07) is 3.93. The van der Waals surface area contributed by atoms with E-state index < -0.39 is 18.9 Å². The van der Waals surface area contributed by atoms with E-state index in [9.17, 15) is 4.79 Å². The molecule has 0 amide bonds. The molecule has 0 aliphatic carbocycles. The number of halogens is 1. The molecule has 0 saturated heterocycles. The van der Waals surface area contributed by atoms with Crippen LogP contribution in [0, 0.1) is 0 Å². The van der Waals surface area contributed by atoms with Gasteiger partial charge in [0.25, 0.3) is 5.56 Å². The Morgan fingerprint density at radius 1 is 1.90 bits per heavy atom. The molecule has 0 spiro atoms. The van der Waals surface area contributed by atoms with Crippen molar-refractivity contribution in [1.82, 2.24) is 4.57 Å². The topological polar surface area (TPSA) is 22.0 Å². The lowest BCUT2D eigenvalue weighted by Gasteiger charge is -2.01. The van der Waals surface area contributed by atoms with E-state index in [0.717, 1.165) is 6.07 Å². The highest BCUT2D eigenvalue weighted by molar-refractivity contribution is 9.10. The molecule has 0 unspecified atom stereocenters. The van der Waals surface area contributed by atoms with E-state index in [-0.39, 0.29) is 4.60 Å². The average molecular weight is 207 g/mol. The average Bonchev–Trinajstić information content (AvgIpc) is 2.00. The van der Waals surface area contributed by atoms with Gasteiger partial charge >= 0.3 is 0 Å². The summed E-state index contributed by atoms with van der Waals surface area (Å²) >= 11 is 2.95. The summed E-state index contributed by atoms with van der Waals surface area (Å²) in [6.45, 7) is -5.63. The van der Waals surface area contributed by atoms with E-state index >= 15 is 0 Å². The van der Waals surface area contributed by atoms with Gasteiger partial charge in [-0.2, -0.15) is 0 Å². The van der Waals surface area contributed by atoms with Crippen molar-refractivity contribution in [3.05, 3.63) is 33.2 Å². The zero-order chi connectivity index (χ0) is 11.9. The smallest absolute Gasteiger partial charge is 0.251 e. The second-order valence-corrected chi connectivity index (χ2v) is 2.45. The van der Waals surface area contributed by atoms with Crippen LogP contribution in [0.5, 0.6) is 0 Å². The Hall–Kier alpha value is -0.570. The third-order valence-electron chi connectivity index (χ3n) is 1.02. The maximum atomic E-state index is 11.4. The monoisotopic (exact) mass is 206 g/mol. The van der Waals surface area contributed by atoms with Gasteiger partial charge in [0.05, 0.1) is 4.60 Å². The molecule has 10 heavy (non-hydrogen) atoms. The molecule has 0 aliphatic heterocycles. The van der Waals surface area contributed by atoms with E-state index in [2.05, 4.69) is 15.9 Å². The number of hydrogen-bond acceptors (Lipinski definition) is 1. The molecule has 0 radical (unpaired) electrons. The van der Waals surface area contributed by atoms with Crippen LogP contribution in [0.2, 0.25) is 0 Å². The molecule has 0 N–H and O–H groups in total. The summed E-state index contributed by atoms with van der Waals surface area (Å²) in [5.41, 5.74) is -0.703. The number of hydrogen-bond donors (Lipinski definition) is 0. The second-order valence-electron chi connectivity index (χ2n) is 1.63. The van der Waals surface area contributed by atoms with E-state index in [1.807, 2.05) is 0 Å². The van der Waals surface area contributed by atoms with Crippen LogP contribution in [0.4, 0.5) is 0 Å². The van der Waals surface area contributed by atoms with Crippen molar-refractivity contribution in [2.24, 2.45) is 0 Å². The lowest BCUT2D eigenvalue weighted by Crippen LogP contribution is -2.17. The molecule has 1 heterocycles. The van der Waals surface area contributed by atoms with Gasteiger partial charge in [-0.15, -0.1) is 0 Å². The summed E-state index contributed by atoms with van der Waals surface area (Å²) in [5, 5.41) is 0. The molecular weight excluding hydrogens is 194 g/mol. The van der Waals surface area contributed by atoms with Crippen LogP contribution in [0.1, 0.15) is 13.7 Å². The predicted molar refractivity (Wildman–Crippen MR) is 44.1 cm³/mol. The fraction of sp³-hybridized carbons (Fsp3) is 0.286. The molecule has 1 aromatic heterocycles. The highest BCUT2D eigenvalue weighted by atomic mass is 79.9. The Balaban J connectivity index is 3.46. The van der Waals surface area contributed by atoms with Crippen LogP contribution < -0.4 is 5.56 Å². The van der Waals surface area contributed by atoms with Gasteiger partial charge in [0.1, 0.15) is 0 Å². The molecule has 0 aliphatic rings. The van der Waals surface area contributed by atoms with E-state index in [4.69, 9.17) is 6.85 Å². The molecule has 0 saturated carbocycles. The maximum Gasteiger partial charge on any atom is 0.251 e. The Morgan fingerprint density at radius 2 is 2.70 bits per heavy atom. The lowest BCUT2D eigenvalue weighted by atomic mass is 10.5. The third-order valence-corrected chi connectivity index (χ3v) is 1.64. The largest absolute Gasteiger partial charge is 0.303 e. The number of rotatable bonds is 1. The van der Waals surface area contributed by atoms with Crippen molar-refractivity contribution in [2.75, 3.05) is 0 Å². The Kier molecular flexibility index (Phi) is 0.969. The maximum absolute atomic E-state index is 11.4. The molecule has 2 nitrogen and oxygen atoms in total. The summed E-state index contributed by atoms with van der Waals surface area (Å²) in [7, 11) is 0. The fourth-order valence-corrected chi connectivity index (χ4v) is 0.989. The van der Waals surface area contributed by atoms with Gasteiger partial charge in [-0.05, 0) is 28.8 Å². The van der Waals surface area contributed by atoms with E-state index in [0.29, 0.717) is 4.57 Å². The first-order valence-electron chi connectivity index (χ1n) is 5.06. The first-order chi connectivity index (χ1) is 6.68. The van der Waals surface area contributed by atoms with Crippen molar-refractivity contribution in [3.8, 4) is 0 Å². The Labute approximate surface area is 74.6 Å². The molecular formula is C7H8BrNO. The first-order valence-corrected chi connectivity index (χ1v) is 3.35. The van der Waals surface area contributed by atoms with Crippen LogP contribution in [0.25, 0.3) is 0 Å². The molecule has 3 heteroatoms. The van der Waals surface area contributed by atoms with E-state index in [1.165, 1.54) is 12.1 Å². The standard InChI is InChI=1S/C7H8BrNO/c1-2-9-6(8)4-3-5-7(9)10/h3-5H,2H2,1H3/i1D3,2D2. The molecule has 0 bridgehead atoms. The van der Waals surface area contributed by atoms with Gasteiger partial charge < -0.3 is 4.57 Å². The Bertz CT molecular complexity index is 424. The van der Waals surface area contributed by atoms with Gasteiger partial charge in [-0.3, -0.25) is 4.79 Å². The molecule has 0 atom stereocenters. The zero-order valence-electron chi connectivity index (χ0n) is 9.97. The zero-order valence-corrected chi connectivity index (χ0v) is 6.55. The minimum Gasteiger partial charge on any atom is -0.303 e. The van der Waals surface area contributed by atoms with Gasteiger partial charge in [-0.1, -0.05) is 6.07 Å². The molecule has 0 aromatic carbocycles. The number of nitrogens with zero attached hydrogens (tertiary/aromatic N) is 1. The minimum absolute atomic E-state index is 0.0936. The van der Waals surface area contributed by atoms with Gasteiger partial charge in [-0.25, -0.2) is 0 Å². The first kappa shape index (κ1) is 3.22. The van der Waals surface area contributed by atoms with Gasteiger partial charge in [0.2, 0.25) is 0 Å².